The first kappa shape index (κ1) is 26.7. The number of rotatable bonds is 9. The molecule has 1 aliphatic heterocycles. The van der Waals surface area contributed by atoms with Crippen LogP contribution in [0.15, 0.2) is 18.3 Å². The van der Waals surface area contributed by atoms with E-state index in [1.165, 1.54) is 18.3 Å². The van der Waals surface area contributed by atoms with Crippen LogP contribution in [0.4, 0.5) is 9.52 Å². The summed E-state index contributed by atoms with van der Waals surface area (Å²) >= 11 is 7.12. The summed E-state index contributed by atoms with van der Waals surface area (Å²) in [7, 11) is 0. The maximum atomic E-state index is 14.4. The Morgan fingerprint density at radius 1 is 1.43 bits per heavy atom. The van der Waals surface area contributed by atoms with Gasteiger partial charge in [0, 0.05) is 38.0 Å². The molecule has 0 aliphatic carbocycles. The number of carbonyl (C=O) groups is 2. The third-order valence-corrected chi connectivity index (χ3v) is 7.82. The lowest BCUT2D eigenvalue weighted by atomic mass is 9.88. The van der Waals surface area contributed by atoms with Crippen molar-refractivity contribution in [2.45, 2.75) is 39.2 Å². The predicted molar refractivity (Wildman–Crippen MR) is 137 cm³/mol. The van der Waals surface area contributed by atoms with Crippen LogP contribution < -0.4 is 4.90 Å². The van der Waals surface area contributed by atoms with Gasteiger partial charge < -0.3 is 19.7 Å². The summed E-state index contributed by atoms with van der Waals surface area (Å²) in [5.74, 6) is -2.21. The summed E-state index contributed by atoms with van der Waals surface area (Å²) in [5, 5.41) is 19.8. The molecule has 194 valence electrons. The van der Waals surface area contributed by atoms with Crippen LogP contribution in [-0.4, -0.2) is 57.6 Å². The van der Waals surface area contributed by atoms with Gasteiger partial charge >= 0.3 is 5.97 Å². The number of pyridine rings is 1. The van der Waals surface area contributed by atoms with Crippen molar-refractivity contribution in [1.82, 2.24) is 15.0 Å². The van der Waals surface area contributed by atoms with E-state index in [0.717, 1.165) is 17.8 Å². The summed E-state index contributed by atoms with van der Waals surface area (Å²) in [4.78, 5) is 38.2. The van der Waals surface area contributed by atoms with Gasteiger partial charge in [0.15, 0.2) is 16.7 Å². The maximum absolute atomic E-state index is 14.4. The number of Topliss-reactive ketones (excluding diaryl/α,β-unsaturated/α-hetero) is 1. The van der Waals surface area contributed by atoms with Crippen molar-refractivity contribution >= 4 is 39.8 Å². The van der Waals surface area contributed by atoms with Gasteiger partial charge in [-0.25, -0.2) is 14.2 Å². The van der Waals surface area contributed by atoms with E-state index in [2.05, 4.69) is 15.0 Å². The topological polar surface area (TPSA) is 132 Å². The number of piperidine rings is 1. The number of aryl methyl sites for hydroxylation is 1. The van der Waals surface area contributed by atoms with Crippen LogP contribution in [0.5, 0.6) is 0 Å². The fourth-order valence-electron chi connectivity index (χ4n) is 4.40. The van der Waals surface area contributed by atoms with Gasteiger partial charge in [-0.15, -0.1) is 0 Å². The molecule has 4 heterocycles. The minimum Gasteiger partial charge on any atom is -0.477 e. The van der Waals surface area contributed by atoms with Crippen molar-refractivity contribution in [3.8, 4) is 17.5 Å². The summed E-state index contributed by atoms with van der Waals surface area (Å²) in [6, 6.07) is 4.64. The van der Waals surface area contributed by atoms with Crippen LogP contribution >= 0.6 is 22.9 Å². The molecule has 1 saturated heterocycles. The molecule has 1 aliphatic rings. The van der Waals surface area contributed by atoms with Crippen LogP contribution in [-0.2, 0) is 4.74 Å². The average molecular weight is 546 g/mol. The Bertz CT molecular complexity index is 1370. The molecule has 0 aromatic carbocycles. The minimum absolute atomic E-state index is 0.0167. The molecule has 0 spiro atoms. The zero-order chi connectivity index (χ0) is 26.7. The maximum Gasteiger partial charge on any atom is 0.348 e. The second-order valence-corrected chi connectivity index (χ2v) is 10.1. The van der Waals surface area contributed by atoms with E-state index in [4.69, 9.17) is 16.3 Å². The standard InChI is InChI=1S/C25H25ClFN5O4S/c1-3-9-36-18-12-32(8-6-14(18)10-17(33)20-15(11-28)19(26)13(2)30-20)25-31-22(23(37-25)24(34)35)21-16(27)5-4-7-29-21/h4-5,7,14,18,30H,3,6,8-10,12H2,1-2H3,(H,34,35)/t14-,18-/m0/s1. The Balaban J connectivity index is 1.57. The first-order valence-corrected chi connectivity index (χ1v) is 13.0. The molecular weight excluding hydrogens is 521 g/mol. The average Bonchev–Trinajstić information content (AvgIpc) is 3.45. The zero-order valence-electron chi connectivity index (χ0n) is 20.3. The number of hydrogen-bond acceptors (Lipinski definition) is 8. The second-order valence-electron chi connectivity index (χ2n) is 8.77. The van der Waals surface area contributed by atoms with Crippen molar-refractivity contribution in [3.63, 3.8) is 0 Å². The zero-order valence-corrected chi connectivity index (χ0v) is 21.8. The molecule has 3 aromatic heterocycles. The van der Waals surface area contributed by atoms with Crippen LogP contribution in [0.2, 0.25) is 5.02 Å². The minimum atomic E-state index is -1.21. The van der Waals surface area contributed by atoms with Crippen LogP contribution in [0.1, 0.15) is 57.6 Å². The van der Waals surface area contributed by atoms with Crippen molar-refractivity contribution in [2.75, 3.05) is 24.6 Å². The first-order valence-electron chi connectivity index (χ1n) is 11.8. The molecule has 2 atom stereocenters. The summed E-state index contributed by atoms with van der Waals surface area (Å²) in [5.41, 5.74) is 0.778. The molecule has 0 radical (unpaired) electrons. The van der Waals surface area contributed by atoms with Crippen molar-refractivity contribution in [3.05, 3.63) is 51.0 Å². The molecule has 2 N–H and O–H groups in total. The van der Waals surface area contributed by atoms with Gasteiger partial charge in [-0.05, 0) is 37.8 Å². The van der Waals surface area contributed by atoms with Crippen molar-refractivity contribution in [1.29, 1.82) is 5.26 Å². The first-order chi connectivity index (χ1) is 17.7. The number of halogens is 2. The Kier molecular flexibility index (Phi) is 8.22. The Hall–Kier alpha value is -3.33. The molecule has 12 heteroatoms. The van der Waals surface area contributed by atoms with Crippen LogP contribution in [0.3, 0.4) is 0 Å². The van der Waals surface area contributed by atoms with Crippen molar-refractivity contribution < 1.29 is 23.8 Å². The number of nitrogens with one attached hydrogen (secondary N) is 1. The number of anilines is 1. The highest BCUT2D eigenvalue weighted by Crippen LogP contribution is 2.36. The number of carbonyl (C=O) groups excluding carboxylic acids is 1. The predicted octanol–water partition coefficient (Wildman–Crippen LogP) is 5.10. The monoisotopic (exact) mass is 545 g/mol. The number of H-pyrrole nitrogens is 1. The fourth-order valence-corrected chi connectivity index (χ4v) is 5.52. The number of aromatic nitrogens is 3. The van der Waals surface area contributed by atoms with Gasteiger partial charge in [-0.3, -0.25) is 9.78 Å². The number of aromatic carboxylic acids is 1. The number of hydrogen-bond donors (Lipinski definition) is 2. The number of nitriles is 1. The van der Waals surface area contributed by atoms with E-state index in [1.807, 2.05) is 17.9 Å². The van der Waals surface area contributed by atoms with Crippen LogP contribution in [0.25, 0.3) is 11.4 Å². The quantitative estimate of drug-likeness (QED) is 0.355. The highest BCUT2D eigenvalue weighted by atomic mass is 35.5. The lowest BCUT2D eigenvalue weighted by Gasteiger charge is -2.38. The molecule has 1 fully saturated rings. The third-order valence-electron chi connectivity index (χ3n) is 6.24. The van der Waals surface area contributed by atoms with Crippen molar-refractivity contribution in [2.24, 2.45) is 5.92 Å². The van der Waals surface area contributed by atoms with Gasteiger partial charge in [0.2, 0.25) is 0 Å². The molecule has 0 saturated carbocycles. The number of aromatic amines is 1. The van der Waals surface area contributed by atoms with Gasteiger partial charge in [0.25, 0.3) is 0 Å². The van der Waals surface area contributed by atoms with E-state index in [-0.39, 0.29) is 56.8 Å². The number of ketones is 1. The smallest absolute Gasteiger partial charge is 0.348 e. The number of ether oxygens (including phenoxy) is 1. The molecule has 0 unspecified atom stereocenters. The number of carboxylic acids is 1. The Morgan fingerprint density at radius 3 is 2.89 bits per heavy atom. The van der Waals surface area contributed by atoms with Crippen LogP contribution in [0, 0.1) is 30.0 Å². The number of carboxylic acid groups (broad SMARTS) is 1. The molecule has 37 heavy (non-hydrogen) atoms. The lowest BCUT2D eigenvalue weighted by Crippen LogP contribution is -2.46. The van der Waals surface area contributed by atoms with Gasteiger partial charge in [-0.1, -0.05) is 29.9 Å². The number of nitrogens with zero attached hydrogens (tertiary/aromatic N) is 4. The van der Waals surface area contributed by atoms with Gasteiger partial charge in [-0.2, -0.15) is 5.26 Å². The fraction of sp³-hybridized carbons (Fsp3) is 0.400. The van der Waals surface area contributed by atoms with E-state index >= 15 is 0 Å². The molecule has 9 nitrogen and oxygen atoms in total. The van der Waals surface area contributed by atoms with E-state index in [0.29, 0.717) is 36.9 Å². The summed E-state index contributed by atoms with van der Waals surface area (Å²) in [6.45, 7) is 5.05. The number of thiazole rings is 1. The van der Waals surface area contributed by atoms with Gasteiger partial charge in [0.05, 0.1) is 16.7 Å². The highest BCUT2D eigenvalue weighted by Gasteiger charge is 2.35. The molecule has 0 bridgehead atoms. The normalized spacial score (nSPS) is 17.5. The van der Waals surface area contributed by atoms with Gasteiger partial charge in [0.1, 0.15) is 28.0 Å². The largest absolute Gasteiger partial charge is 0.477 e. The molecule has 4 rings (SSSR count). The SMILES string of the molecule is CCCO[C@H]1CN(c2nc(-c3ncccc3F)c(C(=O)O)s2)CC[C@H]1CC(=O)c1[nH]c(C)c(Cl)c1C#N. The van der Waals surface area contributed by atoms with E-state index in [9.17, 15) is 24.3 Å². The lowest BCUT2D eigenvalue weighted by molar-refractivity contribution is 0.00383. The molecule has 0 amide bonds. The second kappa shape index (κ2) is 11.4. The Morgan fingerprint density at radius 2 is 2.22 bits per heavy atom. The summed E-state index contributed by atoms with van der Waals surface area (Å²) < 4.78 is 20.5. The Labute approximate surface area is 221 Å². The highest BCUT2D eigenvalue weighted by molar-refractivity contribution is 7.17. The molecular formula is C25H25ClFN5O4S. The molecule has 3 aromatic rings. The summed E-state index contributed by atoms with van der Waals surface area (Å²) in [6.07, 6.45) is 2.57. The van der Waals surface area contributed by atoms with E-state index < -0.39 is 11.8 Å². The third kappa shape index (κ3) is 5.51. The van der Waals surface area contributed by atoms with E-state index in [1.54, 1.807) is 6.92 Å².